The summed E-state index contributed by atoms with van der Waals surface area (Å²) in [6, 6.07) is 2.63. The van der Waals surface area contributed by atoms with Crippen LogP contribution in [-0.4, -0.2) is 36.1 Å². The van der Waals surface area contributed by atoms with Crippen LogP contribution in [0.3, 0.4) is 0 Å². The zero-order chi connectivity index (χ0) is 13.5. The molecule has 4 fully saturated rings. The van der Waals surface area contributed by atoms with Crippen molar-refractivity contribution in [1.82, 2.24) is 10.2 Å². The summed E-state index contributed by atoms with van der Waals surface area (Å²) in [4.78, 5) is 2.98. The van der Waals surface area contributed by atoms with Crippen LogP contribution in [0.15, 0.2) is 0 Å². The van der Waals surface area contributed by atoms with Crippen molar-refractivity contribution >= 4 is 0 Å². The molecule has 114 valence electrons. The van der Waals surface area contributed by atoms with Gasteiger partial charge in [0.15, 0.2) is 0 Å². The van der Waals surface area contributed by atoms with E-state index in [-0.39, 0.29) is 0 Å². The molecule has 0 aromatic rings. The topological polar surface area (TPSA) is 15.3 Å². The molecule has 2 heterocycles. The van der Waals surface area contributed by atoms with Crippen molar-refractivity contribution in [3.63, 3.8) is 0 Å². The third-order valence-corrected chi connectivity index (χ3v) is 6.50. The van der Waals surface area contributed by atoms with E-state index in [1.165, 1.54) is 38.6 Å². The molecule has 2 aliphatic carbocycles. The van der Waals surface area contributed by atoms with Crippen molar-refractivity contribution < 1.29 is 0 Å². The highest BCUT2D eigenvalue weighted by atomic mass is 15.2. The molecule has 0 aromatic carbocycles. The highest BCUT2D eigenvalue weighted by Gasteiger charge is 2.45. The standard InChI is InChI=1S/C18H32N2/c1-2-19-15-10-16-4-3-5-17(11-15)20(16)12-18(13-6-7-13)14-8-9-14/h13-19H,2-12H2,1H3. The fourth-order valence-corrected chi connectivity index (χ4v) is 5.21. The quantitative estimate of drug-likeness (QED) is 0.799. The molecule has 0 radical (unpaired) electrons. The first kappa shape index (κ1) is 13.6. The van der Waals surface area contributed by atoms with E-state index in [1.54, 1.807) is 25.7 Å². The Morgan fingerprint density at radius 2 is 1.55 bits per heavy atom. The van der Waals surface area contributed by atoms with E-state index in [4.69, 9.17) is 0 Å². The molecule has 2 atom stereocenters. The Labute approximate surface area is 124 Å². The third kappa shape index (κ3) is 2.78. The molecular formula is C18H32N2. The summed E-state index contributed by atoms with van der Waals surface area (Å²) in [5.74, 6) is 3.32. The van der Waals surface area contributed by atoms with Crippen LogP contribution in [0.5, 0.6) is 0 Å². The lowest BCUT2D eigenvalue weighted by molar-refractivity contribution is 0.00703. The van der Waals surface area contributed by atoms with Gasteiger partial charge in [0.25, 0.3) is 0 Å². The predicted molar refractivity (Wildman–Crippen MR) is 83.8 cm³/mol. The molecule has 20 heavy (non-hydrogen) atoms. The molecule has 1 N–H and O–H groups in total. The summed E-state index contributed by atoms with van der Waals surface area (Å²) in [5, 5.41) is 3.73. The van der Waals surface area contributed by atoms with Crippen molar-refractivity contribution in [2.75, 3.05) is 13.1 Å². The predicted octanol–water partition coefficient (Wildman–Crippen LogP) is 3.42. The minimum atomic E-state index is 0.812. The summed E-state index contributed by atoms with van der Waals surface area (Å²) in [6.45, 7) is 4.87. The highest BCUT2D eigenvalue weighted by molar-refractivity contribution is 4.99. The van der Waals surface area contributed by atoms with Crippen LogP contribution < -0.4 is 5.32 Å². The van der Waals surface area contributed by atoms with Gasteiger partial charge in [-0.05, 0) is 75.7 Å². The van der Waals surface area contributed by atoms with Crippen LogP contribution in [0.2, 0.25) is 0 Å². The summed E-state index contributed by atoms with van der Waals surface area (Å²) in [6.07, 6.45) is 13.5. The molecular weight excluding hydrogens is 244 g/mol. The molecule has 0 amide bonds. The van der Waals surface area contributed by atoms with Crippen molar-refractivity contribution in [3.8, 4) is 0 Å². The van der Waals surface area contributed by atoms with Gasteiger partial charge in [0.1, 0.15) is 0 Å². The van der Waals surface area contributed by atoms with Gasteiger partial charge in [-0.1, -0.05) is 13.3 Å². The smallest absolute Gasteiger partial charge is 0.0113 e. The van der Waals surface area contributed by atoms with Crippen molar-refractivity contribution in [2.24, 2.45) is 17.8 Å². The average molecular weight is 276 g/mol. The van der Waals surface area contributed by atoms with E-state index < -0.39 is 0 Å². The third-order valence-electron chi connectivity index (χ3n) is 6.50. The van der Waals surface area contributed by atoms with Gasteiger partial charge in [-0.2, -0.15) is 0 Å². The lowest BCUT2D eigenvalue weighted by Gasteiger charge is -2.50. The minimum Gasteiger partial charge on any atom is -0.314 e. The fraction of sp³-hybridized carbons (Fsp3) is 1.00. The summed E-state index contributed by atoms with van der Waals surface area (Å²) >= 11 is 0. The minimum absolute atomic E-state index is 0.812. The van der Waals surface area contributed by atoms with Crippen LogP contribution >= 0.6 is 0 Å². The summed E-state index contributed by atoms with van der Waals surface area (Å²) in [5.41, 5.74) is 0. The number of piperidine rings is 2. The van der Waals surface area contributed by atoms with Crippen LogP contribution in [0, 0.1) is 17.8 Å². The second-order valence-electron chi connectivity index (χ2n) is 8.00. The van der Waals surface area contributed by atoms with Gasteiger partial charge in [0.05, 0.1) is 0 Å². The fourth-order valence-electron chi connectivity index (χ4n) is 5.21. The number of nitrogens with zero attached hydrogens (tertiary/aromatic N) is 1. The number of hydrogen-bond acceptors (Lipinski definition) is 2. The Morgan fingerprint density at radius 3 is 2.05 bits per heavy atom. The summed E-state index contributed by atoms with van der Waals surface area (Å²) in [7, 11) is 0. The Bertz CT molecular complexity index is 308. The van der Waals surface area contributed by atoms with Gasteiger partial charge < -0.3 is 5.32 Å². The number of fused-ring (bicyclic) bond motifs is 2. The first-order valence-electron chi connectivity index (χ1n) is 9.34. The average Bonchev–Trinajstić information content (AvgIpc) is 3.29. The lowest BCUT2D eigenvalue weighted by atomic mass is 9.80. The molecule has 2 saturated heterocycles. The Balaban J connectivity index is 1.41. The molecule has 2 saturated carbocycles. The van der Waals surface area contributed by atoms with E-state index in [0.29, 0.717) is 0 Å². The second-order valence-corrected chi connectivity index (χ2v) is 8.00. The molecule has 2 heteroatoms. The molecule has 2 unspecified atom stereocenters. The Hall–Kier alpha value is -0.0800. The molecule has 2 nitrogen and oxygen atoms in total. The maximum absolute atomic E-state index is 3.73. The van der Waals surface area contributed by atoms with Gasteiger partial charge >= 0.3 is 0 Å². The first-order chi connectivity index (χ1) is 9.85. The molecule has 0 spiro atoms. The lowest BCUT2D eigenvalue weighted by Crippen LogP contribution is -2.57. The molecule has 4 rings (SSSR count). The van der Waals surface area contributed by atoms with Crippen LogP contribution in [0.1, 0.15) is 64.7 Å². The van der Waals surface area contributed by atoms with E-state index in [0.717, 1.165) is 42.4 Å². The molecule has 2 bridgehead atoms. The van der Waals surface area contributed by atoms with Gasteiger partial charge in [0, 0.05) is 24.7 Å². The first-order valence-corrected chi connectivity index (χ1v) is 9.34. The largest absolute Gasteiger partial charge is 0.314 e. The second kappa shape index (κ2) is 5.61. The van der Waals surface area contributed by atoms with E-state index >= 15 is 0 Å². The monoisotopic (exact) mass is 276 g/mol. The van der Waals surface area contributed by atoms with Crippen molar-refractivity contribution in [2.45, 2.75) is 82.8 Å². The zero-order valence-electron chi connectivity index (χ0n) is 13.2. The van der Waals surface area contributed by atoms with Gasteiger partial charge in [-0.15, -0.1) is 0 Å². The van der Waals surface area contributed by atoms with Gasteiger partial charge in [0.2, 0.25) is 0 Å². The van der Waals surface area contributed by atoms with E-state index in [9.17, 15) is 0 Å². The Kier molecular flexibility index (Phi) is 3.80. The SMILES string of the molecule is CCNC1CC2CCCC(C1)N2CC(C1CC1)C1CC1. The van der Waals surface area contributed by atoms with Gasteiger partial charge in [-0.25, -0.2) is 0 Å². The molecule has 0 aromatic heterocycles. The van der Waals surface area contributed by atoms with Crippen LogP contribution in [0.25, 0.3) is 0 Å². The van der Waals surface area contributed by atoms with Crippen LogP contribution in [-0.2, 0) is 0 Å². The number of rotatable bonds is 6. The van der Waals surface area contributed by atoms with Crippen molar-refractivity contribution in [3.05, 3.63) is 0 Å². The zero-order valence-corrected chi connectivity index (χ0v) is 13.2. The maximum Gasteiger partial charge on any atom is 0.0113 e. The van der Waals surface area contributed by atoms with E-state index in [1.807, 2.05) is 0 Å². The van der Waals surface area contributed by atoms with Gasteiger partial charge in [-0.3, -0.25) is 4.90 Å². The molecule has 4 aliphatic rings. The van der Waals surface area contributed by atoms with Crippen LogP contribution in [0.4, 0.5) is 0 Å². The summed E-state index contributed by atoms with van der Waals surface area (Å²) < 4.78 is 0. The molecule has 2 aliphatic heterocycles. The normalized spacial score (nSPS) is 38.4. The number of nitrogens with one attached hydrogen (secondary N) is 1. The van der Waals surface area contributed by atoms with E-state index in [2.05, 4.69) is 17.1 Å². The number of hydrogen-bond donors (Lipinski definition) is 1. The highest BCUT2D eigenvalue weighted by Crippen LogP contribution is 2.50. The van der Waals surface area contributed by atoms with Crippen molar-refractivity contribution in [1.29, 1.82) is 0 Å². The maximum atomic E-state index is 3.73. The Morgan fingerprint density at radius 1 is 0.950 bits per heavy atom.